The first-order valence-electron chi connectivity index (χ1n) is 6.91. The molecule has 0 fully saturated rings. The number of carbonyl (C=O) groups excluding carboxylic acids is 1. The second-order valence-electron chi connectivity index (χ2n) is 4.71. The Morgan fingerprint density at radius 3 is 2.81 bits per heavy atom. The van der Waals surface area contributed by atoms with Crippen molar-refractivity contribution in [1.29, 1.82) is 0 Å². The number of nitrogens with zero attached hydrogens (tertiary/aromatic N) is 1. The molecule has 0 radical (unpaired) electrons. The fraction of sp³-hybridized carbons (Fsp3) is 0.333. The summed E-state index contributed by atoms with van der Waals surface area (Å²) in [6.07, 6.45) is 1.72. The molecular weight excluding hydrogens is 268 g/mol. The SMILES string of the molecule is Cc1ccc([C@@H](C)NC(=O)NCCNc2ccccn2)o1. The maximum Gasteiger partial charge on any atom is 0.315 e. The Balaban J connectivity index is 1.65. The molecule has 0 aliphatic rings. The largest absolute Gasteiger partial charge is 0.464 e. The summed E-state index contributed by atoms with van der Waals surface area (Å²) in [6.45, 7) is 4.87. The average molecular weight is 288 g/mol. The predicted molar refractivity (Wildman–Crippen MR) is 81.1 cm³/mol. The summed E-state index contributed by atoms with van der Waals surface area (Å²) in [7, 11) is 0. The molecule has 6 heteroatoms. The molecule has 2 aromatic rings. The van der Waals surface area contributed by atoms with Crippen molar-refractivity contribution in [2.75, 3.05) is 18.4 Å². The van der Waals surface area contributed by atoms with Crippen LogP contribution in [0.2, 0.25) is 0 Å². The van der Waals surface area contributed by atoms with Crippen LogP contribution in [0, 0.1) is 6.92 Å². The van der Waals surface area contributed by atoms with E-state index < -0.39 is 0 Å². The third kappa shape index (κ3) is 4.83. The van der Waals surface area contributed by atoms with Crippen molar-refractivity contribution in [3.63, 3.8) is 0 Å². The molecule has 112 valence electrons. The van der Waals surface area contributed by atoms with Gasteiger partial charge in [-0.1, -0.05) is 6.07 Å². The van der Waals surface area contributed by atoms with Crippen LogP contribution in [0.3, 0.4) is 0 Å². The minimum absolute atomic E-state index is 0.164. The summed E-state index contributed by atoms with van der Waals surface area (Å²) >= 11 is 0. The van der Waals surface area contributed by atoms with Gasteiger partial charge in [0.05, 0.1) is 6.04 Å². The molecule has 0 spiro atoms. The fourth-order valence-electron chi connectivity index (χ4n) is 1.84. The number of anilines is 1. The minimum atomic E-state index is -0.223. The van der Waals surface area contributed by atoms with Crippen molar-refractivity contribution in [3.8, 4) is 0 Å². The third-order valence-corrected chi connectivity index (χ3v) is 2.92. The Kier molecular flexibility index (Phi) is 5.20. The number of nitrogens with one attached hydrogen (secondary N) is 3. The van der Waals surface area contributed by atoms with Crippen LogP contribution in [-0.4, -0.2) is 24.1 Å². The van der Waals surface area contributed by atoms with Crippen molar-refractivity contribution in [1.82, 2.24) is 15.6 Å². The van der Waals surface area contributed by atoms with Gasteiger partial charge in [0, 0.05) is 19.3 Å². The number of furan rings is 1. The number of aromatic nitrogens is 1. The highest BCUT2D eigenvalue weighted by Gasteiger charge is 2.11. The molecule has 3 N–H and O–H groups in total. The van der Waals surface area contributed by atoms with Crippen LogP contribution in [-0.2, 0) is 0 Å². The number of hydrogen-bond donors (Lipinski definition) is 3. The molecule has 0 aromatic carbocycles. The van der Waals surface area contributed by atoms with Gasteiger partial charge in [-0.15, -0.1) is 0 Å². The third-order valence-electron chi connectivity index (χ3n) is 2.92. The minimum Gasteiger partial charge on any atom is -0.464 e. The predicted octanol–water partition coefficient (Wildman–Crippen LogP) is 2.46. The molecule has 0 aliphatic carbocycles. The van der Waals surface area contributed by atoms with Crippen molar-refractivity contribution in [2.24, 2.45) is 0 Å². The number of carbonyl (C=O) groups is 1. The van der Waals surface area contributed by atoms with E-state index in [-0.39, 0.29) is 12.1 Å². The van der Waals surface area contributed by atoms with Gasteiger partial charge in [0.2, 0.25) is 0 Å². The Morgan fingerprint density at radius 1 is 1.29 bits per heavy atom. The fourth-order valence-corrected chi connectivity index (χ4v) is 1.84. The topological polar surface area (TPSA) is 79.2 Å². The molecule has 0 saturated carbocycles. The van der Waals surface area contributed by atoms with Gasteiger partial charge < -0.3 is 20.4 Å². The van der Waals surface area contributed by atoms with E-state index in [0.29, 0.717) is 13.1 Å². The molecule has 2 amide bonds. The quantitative estimate of drug-likeness (QED) is 0.713. The summed E-state index contributed by atoms with van der Waals surface area (Å²) in [5, 5.41) is 8.72. The molecule has 2 aromatic heterocycles. The van der Waals surface area contributed by atoms with Gasteiger partial charge in [0.1, 0.15) is 17.3 Å². The van der Waals surface area contributed by atoms with E-state index in [1.54, 1.807) is 6.20 Å². The second kappa shape index (κ2) is 7.33. The molecule has 0 aliphatic heterocycles. The molecule has 2 heterocycles. The van der Waals surface area contributed by atoms with Crippen LogP contribution in [0.25, 0.3) is 0 Å². The second-order valence-corrected chi connectivity index (χ2v) is 4.71. The molecule has 0 bridgehead atoms. The van der Waals surface area contributed by atoms with E-state index in [0.717, 1.165) is 17.3 Å². The zero-order valence-electron chi connectivity index (χ0n) is 12.2. The summed E-state index contributed by atoms with van der Waals surface area (Å²) in [5.74, 6) is 2.37. The van der Waals surface area contributed by atoms with Crippen LogP contribution in [0.4, 0.5) is 10.6 Å². The lowest BCUT2D eigenvalue weighted by atomic mass is 10.2. The molecule has 0 saturated heterocycles. The van der Waals surface area contributed by atoms with Gasteiger partial charge in [-0.2, -0.15) is 0 Å². The van der Waals surface area contributed by atoms with Crippen LogP contribution < -0.4 is 16.0 Å². The van der Waals surface area contributed by atoms with Crippen LogP contribution in [0.1, 0.15) is 24.5 Å². The Labute approximate surface area is 124 Å². The highest BCUT2D eigenvalue weighted by Crippen LogP contribution is 2.15. The standard InChI is InChI=1S/C15H20N4O2/c1-11-6-7-13(21-11)12(2)19-15(20)18-10-9-17-14-5-3-4-8-16-14/h3-8,12H,9-10H2,1-2H3,(H,16,17)(H2,18,19,20)/t12-/m1/s1. The smallest absolute Gasteiger partial charge is 0.315 e. The van der Waals surface area contributed by atoms with Crippen molar-refractivity contribution in [2.45, 2.75) is 19.9 Å². The van der Waals surface area contributed by atoms with Gasteiger partial charge in [0.15, 0.2) is 0 Å². The molecule has 2 rings (SSSR count). The van der Waals surface area contributed by atoms with Gasteiger partial charge in [-0.25, -0.2) is 9.78 Å². The summed E-state index contributed by atoms with van der Waals surface area (Å²) in [6, 6.07) is 8.99. The van der Waals surface area contributed by atoms with E-state index in [9.17, 15) is 4.79 Å². The van der Waals surface area contributed by atoms with E-state index in [1.165, 1.54) is 0 Å². The molecule has 21 heavy (non-hydrogen) atoms. The first-order valence-corrected chi connectivity index (χ1v) is 6.91. The highest BCUT2D eigenvalue weighted by molar-refractivity contribution is 5.74. The Bertz CT molecular complexity index is 568. The molecule has 1 atom stereocenters. The van der Waals surface area contributed by atoms with E-state index in [1.807, 2.05) is 44.2 Å². The first kappa shape index (κ1) is 14.9. The summed E-state index contributed by atoms with van der Waals surface area (Å²) in [4.78, 5) is 15.9. The van der Waals surface area contributed by atoms with E-state index >= 15 is 0 Å². The molecule has 6 nitrogen and oxygen atoms in total. The Hall–Kier alpha value is -2.50. The summed E-state index contributed by atoms with van der Waals surface area (Å²) in [5.41, 5.74) is 0. The van der Waals surface area contributed by atoms with E-state index in [4.69, 9.17) is 4.42 Å². The lowest BCUT2D eigenvalue weighted by Gasteiger charge is -2.13. The lowest BCUT2D eigenvalue weighted by molar-refractivity contribution is 0.236. The van der Waals surface area contributed by atoms with Crippen molar-refractivity contribution >= 4 is 11.8 Å². The maximum absolute atomic E-state index is 11.7. The summed E-state index contributed by atoms with van der Waals surface area (Å²) < 4.78 is 5.47. The van der Waals surface area contributed by atoms with Gasteiger partial charge in [-0.05, 0) is 38.1 Å². The number of amides is 2. The molecule has 0 unspecified atom stereocenters. The highest BCUT2D eigenvalue weighted by atomic mass is 16.3. The number of aryl methyl sites for hydroxylation is 1. The number of pyridine rings is 1. The number of hydrogen-bond acceptors (Lipinski definition) is 4. The van der Waals surface area contributed by atoms with Gasteiger partial charge in [0.25, 0.3) is 0 Å². The maximum atomic E-state index is 11.7. The van der Waals surface area contributed by atoms with Crippen LogP contribution in [0.5, 0.6) is 0 Å². The zero-order chi connectivity index (χ0) is 15.1. The molecular formula is C15H20N4O2. The zero-order valence-corrected chi connectivity index (χ0v) is 12.2. The van der Waals surface area contributed by atoms with Gasteiger partial charge in [-0.3, -0.25) is 0 Å². The normalized spacial score (nSPS) is 11.7. The van der Waals surface area contributed by atoms with Crippen molar-refractivity contribution in [3.05, 3.63) is 48.0 Å². The van der Waals surface area contributed by atoms with Crippen LogP contribution in [0.15, 0.2) is 40.9 Å². The Morgan fingerprint density at radius 2 is 2.14 bits per heavy atom. The van der Waals surface area contributed by atoms with Crippen LogP contribution >= 0.6 is 0 Å². The number of rotatable bonds is 6. The van der Waals surface area contributed by atoms with E-state index in [2.05, 4.69) is 20.9 Å². The average Bonchev–Trinajstić information content (AvgIpc) is 2.91. The lowest BCUT2D eigenvalue weighted by Crippen LogP contribution is -2.39. The van der Waals surface area contributed by atoms with Gasteiger partial charge >= 0.3 is 6.03 Å². The monoisotopic (exact) mass is 288 g/mol. The van der Waals surface area contributed by atoms with Crippen molar-refractivity contribution < 1.29 is 9.21 Å². The number of urea groups is 1. The first-order chi connectivity index (χ1) is 10.1.